The van der Waals surface area contributed by atoms with Crippen LogP contribution in [0.3, 0.4) is 0 Å². The highest BCUT2D eigenvalue weighted by Gasteiger charge is 2.23. The highest BCUT2D eigenvalue weighted by Crippen LogP contribution is 2.33. The van der Waals surface area contributed by atoms with E-state index in [1.54, 1.807) is 0 Å². The third kappa shape index (κ3) is 2.27. The van der Waals surface area contributed by atoms with Crippen LogP contribution in [0.4, 0.5) is 0 Å². The zero-order chi connectivity index (χ0) is 12.4. The highest BCUT2D eigenvalue weighted by atomic mass is 16.4. The number of hydrogen-bond acceptors (Lipinski definition) is 3. The zero-order valence-electron chi connectivity index (χ0n) is 9.22. The van der Waals surface area contributed by atoms with E-state index in [1.165, 1.54) is 6.07 Å². The Balaban J connectivity index is 2.41. The molecule has 90 valence electrons. The number of carbonyl (C=O) groups is 2. The lowest BCUT2D eigenvalue weighted by molar-refractivity contribution is 0.0650. The smallest absolute Gasteiger partial charge is 0.338 e. The van der Waals surface area contributed by atoms with Gasteiger partial charge in [0, 0.05) is 17.8 Å². The Morgan fingerprint density at radius 2 is 1.71 bits per heavy atom. The van der Waals surface area contributed by atoms with Gasteiger partial charge in [-0.1, -0.05) is 12.8 Å². The average molecular weight is 235 g/mol. The molecule has 1 aromatic rings. The highest BCUT2D eigenvalue weighted by molar-refractivity contribution is 6.01. The second-order valence-electron chi connectivity index (χ2n) is 4.25. The van der Waals surface area contributed by atoms with Crippen molar-refractivity contribution in [2.75, 3.05) is 0 Å². The maximum Gasteiger partial charge on any atom is 0.338 e. The molecule has 0 saturated heterocycles. The normalized spacial score (nSPS) is 16.0. The maximum atomic E-state index is 11.0. The number of carboxylic acids is 2. The summed E-state index contributed by atoms with van der Waals surface area (Å²) in [5, 5.41) is 17.9. The van der Waals surface area contributed by atoms with Crippen molar-refractivity contribution < 1.29 is 19.8 Å². The van der Waals surface area contributed by atoms with Crippen LogP contribution in [0.2, 0.25) is 0 Å². The Hall–Kier alpha value is -1.91. The van der Waals surface area contributed by atoms with E-state index in [0.717, 1.165) is 31.9 Å². The predicted octanol–water partition coefficient (Wildman–Crippen LogP) is 2.14. The summed E-state index contributed by atoms with van der Waals surface area (Å²) >= 11 is 0. The standard InChI is InChI=1S/C12H13NO4/c14-11(15)8-5-10(7-3-1-2-4-7)13-6-9(8)12(16)17/h5-7H,1-4H2,(H,14,15)(H,16,17). The molecule has 0 radical (unpaired) electrons. The first-order valence-corrected chi connectivity index (χ1v) is 5.56. The van der Waals surface area contributed by atoms with Gasteiger partial charge in [0.1, 0.15) is 0 Å². The van der Waals surface area contributed by atoms with Gasteiger partial charge in [-0.3, -0.25) is 4.98 Å². The molecule has 2 rings (SSSR count). The summed E-state index contributed by atoms with van der Waals surface area (Å²) in [6.45, 7) is 0. The Kier molecular flexibility index (Phi) is 3.08. The van der Waals surface area contributed by atoms with Gasteiger partial charge in [0.15, 0.2) is 0 Å². The van der Waals surface area contributed by atoms with Gasteiger partial charge < -0.3 is 10.2 Å². The Morgan fingerprint density at radius 3 is 2.24 bits per heavy atom. The first kappa shape index (κ1) is 11.6. The summed E-state index contributed by atoms with van der Waals surface area (Å²) < 4.78 is 0. The molecule has 1 aliphatic rings. The van der Waals surface area contributed by atoms with Crippen molar-refractivity contribution in [3.63, 3.8) is 0 Å². The largest absolute Gasteiger partial charge is 0.478 e. The van der Waals surface area contributed by atoms with Crippen molar-refractivity contribution in [1.82, 2.24) is 4.98 Å². The number of rotatable bonds is 3. The van der Waals surface area contributed by atoms with E-state index < -0.39 is 11.9 Å². The molecular weight excluding hydrogens is 222 g/mol. The van der Waals surface area contributed by atoms with Crippen LogP contribution < -0.4 is 0 Å². The third-order valence-corrected chi connectivity index (χ3v) is 3.16. The van der Waals surface area contributed by atoms with Crippen molar-refractivity contribution in [3.05, 3.63) is 29.1 Å². The molecule has 0 atom stereocenters. The molecule has 5 nitrogen and oxygen atoms in total. The fourth-order valence-electron chi connectivity index (χ4n) is 2.26. The summed E-state index contributed by atoms with van der Waals surface area (Å²) in [5.41, 5.74) is 0.276. The van der Waals surface area contributed by atoms with E-state index in [-0.39, 0.29) is 17.0 Å². The van der Waals surface area contributed by atoms with Crippen LogP contribution in [0.15, 0.2) is 12.3 Å². The van der Waals surface area contributed by atoms with Crippen molar-refractivity contribution in [3.8, 4) is 0 Å². The maximum absolute atomic E-state index is 11.0. The van der Waals surface area contributed by atoms with Crippen molar-refractivity contribution in [2.24, 2.45) is 0 Å². The first-order valence-electron chi connectivity index (χ1n) is 5.56. The first-order chi connectivity index (χ1) is 8.09. The molecule has 0 unspecified atom stereocenters. The van der Waals surface area contributed by atoms with Crippen LogP contribution in [0.1, 0.15) is 58.0 Å². The van der Waals surface area contributed by atoms with E-state index in [2.05, 4.69) is 4.98 Å². The SMILES string of the molecule is O=C(O)c1cnc(C2CCCC2)cc1C(=O)O. The van der Waals surface area contributed by atoms with E-state index in [1.807, 2.05) is 0 Å². The number of aromatic nitrogens is 1. The summed E-state index contributed by atoms with van der Waals surface area (Å²) in [7, 11) is 0. The molecule has 1 aliphatic carbocycles. The molecule has 1 heterocycles. The third-order valence-electron chi connectivity index (χ3n) is 3.16. The number of carboxylic acid groups (broad SMARTS) is 2. The molecule has 0 spiro atoms. The predicted molar refractivity (Wildman–Crippen MR) is 59.4 cm³/mol. The second-order valence-corrected chi connectivity index (χ2v) is 4.25. The van der Waals surface area contributed by atoms with Crippen molar-refractivity contribution in [1.29, 1.82) is 0 Å². The molecule has 1 aromatic heterocycles. The Labute approximate surface area is 98.1 Å². The molecule has 5 heteroatoms. The van der Waals surface area contributed by atoms with Gasteiger partial charge >= 0.3 is 11.9 Å². The number of pyridine rings is 1. The van der Waals surface area contributed by atoms with Crippen molar-refractivity contribution in [2.45, 2.75) is 31.6 Å². The summed E-state index contributed by atoms with van der Waals surface area (Å²) in [6.07, 6.45) is 5.39. The van der Waals surface area contributed by atoms with Crippen LogP contribution in [0, 0.1) is 0 Å². The van der Waals surface area contributed by atoms with Crippen molar-refractivity contribution >= 4 is 11.9 Å². The summed E-state index contributed by atoms with van der Waals surface area (Å²) in [4.78, 5) is 25.9. The Bertz CT molecular complexity index is 464. The minimum absolute atomic E-state index is 0.172. The molecule has 0 amide bonds. The molecule has 2 N–H and O–H groups in total. The molecule has 17 heavy (non-hydrogen) atoms. The van der Waals surface area contributed by atoms with E-state index in [9.17, 15) is 9.59 Å². The average Bonchev–Trinajstić information content (AvgIpc) is 2.81. The fraction of sp³-hybridized carbons (Fsp3) is 0.417. The minimum Gasteiger partial charge on any atom is -0.478 e. The van der Waals surface area contributed by atoms with Gasteiger partial charge in [-0.2, -0.15) is 0 Å². The van der Waals surface area contributed by atoms with Gasteiger partial charge in [0.2, 0.25) is 0 Å². The zero-order valence-corrected chi connectivity index (χ0v) is 9.22. The van der Waals surface area contributed by atoms with Gasteiger partial charge in [0.25, 0.3) is 0 Å². The van der Waals surface area contributed by atoms with Gasteiger partial charge in [-0.05, 0) is 18.9 Å². The number of nitrogens with zero attached hydrogens (tertiary/aromatic N) is 1. The number of hydrogen-bond donors (Lipinski definition) is 2. The molecule has 1 fully saturated rings. The molecular formula is C12H13NO4. The van der Waals surface area contributed by atoms with Crippen LogP contribution in [-0.2, 0) is 0 Å². The quantitative estimate of drug-likeness (QED) is 0.837. The van der Waals surface area contributed by atoms with E-state index >= 15 is 0 Å². The Morgan fingerprint density at radius 1 is 1.12 bits per heavy atom. The van der Waals surface area contributed by atoms with Crippen LogP contribution in [0.25, 0.3) is 0 Å². The topological polar surface area (TPSA) is 87.5 Å². The molecule has 1 saturated carbocycles. The van der Waals surface area contributed by atoms with Crippen LogP contribution in [-0.4, -0.2) is 27.1 Å². The fourth-order valence-corrected chi connectivity index (χ4v) is 2.26. The van der Waals surface area contributed by atoms with E-state index in [0.29, 0.717) is 5.69 Å². The van der Waals surface area contributed by atoms with Gasteiger partial charge in [0.05, 0.1) is 11.1 Å². The summed E-state index contributed by atoms with van der Waals surface area (Å²) in [6, 6.07) is 1.40. The monoisotopic (exact) mass is 235 g/mol. The lowest BCUT2D eigenvalue weighted by Crippen LogP contribution is -2.11. The lowest BCUT2D eigenvalue weighted by Gasteiger charge is -2.10. The minimum atomic E-state index is -1.26. The molecule has 0 aliphatic heterocycles. The van der Waals surface area contributed by atoms with E-state index in [4.69, 9.17) is 10.2 Å². The second kappa shape index (κ2) is 4.53. The molecule has 0 bridgehead atoms. The molecule has 0 aromatic carbocycles. The van der Waals surface area contributed by atoms with Crippen LogP contribution >= 0.6 is 0 Å². The van der Waals surface area contributed by atoms with Crippen LogP contribution in [0.5, 0.6) is 0 Å². The lowest BCUT2D eigenvalue weighted by atomic mass is 10.00. The number of aromatic carboxylic acids is 2. The summed E-state index contributed by atoms with van der Waals surface area (Å²) in [5.74, 6) is -2.20. The van der Waals surface area contributed by atoms with Gasteiger partial charge in [-0.15, -0.1) is 0 Å². The van der Waals surface area contributed by atoms with Gasteiger partial charge in [-0.25, -0.2) is 9.59 Å².